The monoisotopic (exact) mass is 472 g/mol. The molecule has 2 amide bonds. The summed E-state index contributed by atoms with van der Waals surface area (Å²) in [5.74, 6) is 1.25. The van der Waals surface area contributed by atoms with Crippen LogP contribution in [-0.2, 0) is 17.8 Å². The molecule has 3 aromatic carbocycles. The molecule has 0 bridgehead atoms. The van der Waals surface area contributed by atoms with E-state index in [9.17, 15) is 9.59 Å². The Labute approximate surface area is 204 Å². The number of nitrogens with one attached hydrogen (secondary N) is 1. The second kappa shape index (κ2) is 9.33. The van der Waals surface area contributed by atoms with Gasteiger partial charge in [-0.05, 0) is 59.0 Å². The summed E-state index contributed by atoms with van der Waals surface area (Å²) in [7, 11) is 4.82. The third-order valence-electron chi connectivity index (χ3n) is 6.93. The Kier molecular flexibility index (Phi) is 6.07. The molecule has 2 aliphatic heterocycles. The lowest BCUT2D eigenvalue weighted by Crippen LogP contribution is -2.50. The fourth-order valence-corrected chi connectivity index (χ4v) is 5.18. The minimum Gasteiger partial charge on any atom is -0.497 e. The van der Waals surface area contributed by atoms with Crippen LogP contribution in [0.2, 0.25) is 0 Å². The van der Waals surface area contributed by atoms with Gasteiger partial charge in [0, 0.05) is 18.7 Å². The first-order chi connectivity index (χ1) is 17.0. The summed E-state index contributed by atoms with van der Waals surface area (Å²) >= 11 is 0. The average molecular weight is 473 g/mol. The maximum Gasteiger partial charge on any atom is 0.254 e. The van der Waals surface area contributed by atoms with Gasteiger partial charge in [0.2, 0.25) is 5.91 Å². The van der Waals surface area contributed by atoms with Gasteiger partial charge in [-0.1, -0.05) is 30.3 Å². The average Bonchev–Trinajstić information content (AvgIpc) is 2.91. The Morgan fingerprint density at radius 3 is 2.37 bits per heavy atom. The van der Waals surface area contributed by atoms with Gasteiger partial charge in [-0.2, -0.15) is 0 Å². The zero-order valence-electron chi connectivity index (χ0n) is 20.0. The molecule has 180 valence electrons. The number of rotatable bonds is 6. The second-order valence-corrected chi connectivity index (χ2v) is 8.73. The molecule has 0 aliphatic carbocycles. The first-order valence-corrected chi connectivity index (χ1v) is 11.6. The zero-order chi connectivity index (χ0) is 24.5. The number of carbonyl (C=O) groups excluding carboxylic acids is 2. The molecule has 0 radical (unpaired) electrons. The number of methoxy groups -OCH3 is 3. The van der Waals surface area contributed by atoms with E-state index >= 15 is 0 Å². The summed E-state index contributed by atoms with van der Waals surface area (Å²) < 4.78 is 16.3. The van der Waals surface area contributed by atoms with Crippen molar-refractivity contribution in [3.63, 3.8) is 0 Å². The third-order valence-corrected chi connectivity index (χ3v) is 6.93. The number of fused-ring (bicyclic) bond motifs is 4. The first kappa shape index (κ1) is 22.8. The Morgan fingerprint density at radius 1 is 0.943 bits per heavy atom. The molecule has 35 heavy (non-hydrogen) atoms. The topological polar surface area (TPSA) is 77.1 Å². The van der Waals surface area contributed by atoms with Crippen LogP contribution in [0.25, 0.3) is 0 Å². The van der Waals surface area contributed by atoms with Crippen LogP contribution in [0.5, 0.6) is 17.2 Å². The number of hydrogen-bond acceptors (Lipinski definition) is 5. The maximum absolute atomic E-state index is 13.8. The summed E-state index contributed by atoms with van der Waals surface area (Å²) in [6.45, 7) is 0.906. The Balaban J connectivity index is 1.55. The van der Waals surface area contributed by atoms with Crippen molar-refractivity contribution in [2.75, 3.05) is 27.9 Å². The van der Waals surface area contributed by atoms with Crippen molar-refractivity contribution in [2.45, 2.75) is 24.9 Å². The number of benzene rings is 3. The molecule has 7 heteroatoms. The molecule has 0 aromatic heterocycles. The molecule has 0 saturated heterocycles. The van der Waals surface area contributed by atoms with Crippen LogP contribution in [0.3, 0.4) is 0 Å². The third kappa shape index (κ3) is 3.97. The zero-order valence-corrected chi connectivity index (χ0v) is 20.0. The lowest BCUT2D eigenvalue weighted by Gasteiger charge is -2.45. The van der Waals surface area contributed by atoms with Crippen LogP contribution in [0.1, 0.15) is 44.6 Å². The molecule has 2 heterocycles. The summed E-state index contributed by atoms with van der Waals surface area (Å²) in [4.78, 5) is 29.1. The highest BCUT2D eigenvalue weighted by Crippen LogP contribution is 2.48. The van der Waals surface area contributed by atoms with Crippen molar-refractivity contribution in [1.29, 1.82) is 0 Å². The minimum absolute atomic E-state index is 0.0507. The molecule has 5 rings (SSSR count). The Bertz CT molecular complexity index is 1270. The van der Waals surface area contributed by atoms with E-state index in [2.05, 4.69) is 5.32 Å². The summed E-state index contributed by atoms with van der Waals surface area (Å²) in [6, 6.07) is 18.4. The summed E-state index contributed by atoms with van der Waals surface area (Å²) in [5.41, 5.74) is 4.27. The molecule has 1 N–H and O–H groups in total. The van der Waals surface area contributed by atoms with Crippen molar-refractivity contribution < 1.29 is 23.8 Å². The van der Waals surface area contributed by atoms with Crippen LogP contribution in [0.15, 0.2) is 60.7 Å². The van der Waals surface area contributed by atoms with Crippen molar-refractivity contribution in [3.05, 3.63) is 88.5 Å². The molecular formula is C28H28N2O5. The summed E-state index contributed by atoms with van der Waals surface area (Å²) in [5, 5.41) is 3.10. The molecule has 3 aromatic rings. The van der Waals surface area contributed by atoms with Gasteiger partial charge in [-0.3, -0.25) is 9.59 Å². The lowest BCUT2D eigenvalue weighted by molar-refractivity contribution is -0.124. The van der Waals surface area contributed by atoms with Gasteiger partial charge in [-0.15, -0.1) is 0 Å². The van der Waals surface area contributed by atoms with Gasteiger partial charge in [-0.25, -0.2) is 0 Å². The highest BCUT2D eigenvalue weighted by Gasteiger charge is 2.46. The molecule has 0 spiro atoms. The minimum atomic E-state index is -0.556. The van der Waals surface area contributed by atoms with E-state index in [0.717, 1.165) is 28.0 Å². The van der Waals surface area contributed by atoms with E-state index in [1.807, 2.05) is 65.6 Å². The second-order valence-electron chi connectivity index (χ2n) is 8.73. The lowest BCUT2D eigenvalue weighted by atomic mass is 9.75. The fraction of sp³-hybridized carbons (Fsp3) is 0.286. The summed E-state index contributed by atoms with van der Waals surface area (Å²) in [6.07, 6.45) is 0.681. The van der Waals surface area contributed by atoms with Crippen molar-refractivity contribution in [3.8, 4) is 17.2 Å². The maximum atomic E-state index is 13.8. The smallest absolute Gasteiger partial charge is 0.254 e. The van der Waals surface area contributed by atoms with E-state index in [1.54, 1.807) is 21.3 Å². The van der Waals surface area contributed by atoms with Crippen molar-refractivity contribution >= 4 is 11.8 Å². The van der Waals surface area contributed by atoms with Gasteiger partial charge < -0.3 is 24.4 Å². The first-order valence-electron chi connectivity index (χ1n) is 11.6. The number of nitrogens with zero attached hydrogens (tertiary/aromatic N) is 1. The fourth-order valence-electron chi connectivity index (χ4n) is 5.18. The van der Waals surface area contributed by atoms with Crippen LogP contribution in [0.4, 0.5) is 0 Å². The SMILES string of the molecule is COc1ccc(CNC(=O)[C@@H]2c3ccccc3C(=O)N3CCc4cc(OC)c(OC)cc4[C@@H]23)cc1. The number of amides is 2. The van der Waals surface area contributed by atoms with Crippen molar-refractivity contribution in [2.24, 2.45) is 0 Å². The molecule has 2 aliphatic rings. The highest BCUT2D eigenvalue weighted by atomic mass is 16.5. The van der Waals surface area contributed by atoms with Gasteiger partial charge in [0.15, 0.2) is 11.5 Å². The van der Waals surface area contributed by atoms with Gasteiger partial charge in [0.1, 0.15) is 5.75 Å². The van der Waals surface area contributed by atoms with Crippen LogP contribution >= 0.6 is 0 Å². The number of hydrogen-bond donors (Lipinski definition) is 1. The Hall–Kier alpha value is -4.00. The van der Waals surface area contributed by atoms with Gasteiger partial charge in [0.05, 0.1) is 33.3 Å². The molecule has 0 saturated carbocycles. The van der Waals surface area contributed by atoms with Crippen LogP contribution in [0, 0.1) is 0 Å². The Morgan fingerprint density at radius 2 is 1.66 bits per heavy atom. The highest BCUT2D eigenvalue weighted by molar-refractivity contribution is 6.01. The number of ether oxygens (including phenoxy) is 3. The molecular weight excluding hydrogens is 444 g/mol. The predicted octanol–water partition coefficient (Wildman–Crippen LogP) is 3.87. The van der Waals surface area contributed by atoms with Crippen LogP contribution in [-0.4, -0.2) is 44.6 Å². The van der Waals surface area contributed by atoms with Crippen LogP contribution < -0.4 is 19.5 Å². The molecule has 0 unspecified atom stereocenters. The standard InChI is InChI=1S/C28H28N2O5/c1-33-19-10-8-17(9-11-19)16-29-27(31)25-20-6-4-5-7-21(20)28(32)30-13-12-18-14-23(34-2)24(35-3)15-22(18)26(25)30/h4-11,14-15,25-26H,12-13,16H2,1-3H3,(H,29,31)/t25-,26+/m1/s1. The predicted molar refractivity (Wildman–Crippen MR) is 131 cm³/mol. The molecule has 0 fully saturated rings. The van der Waals surface area contributed by atoms with E-state index < -0.39 is 12.0 Å². The van der Waals surface area contributed by atoms with E-state index in [0.29, 0.717) is 36.6 Å². The van der Waals surface area contributed by atoms with E-state index in [4.69, 9.17) is 14.2 Å². The van der Waals surface area contributed by atoms with E-state index in [-0.39, 0.29) is 11.8 Å². The largest absolute Gasteiger partial charge is 0.497 e. The normalized spacial score (nSPS) is 18.1. The molecule has 2 atom stereocenters. The quantitative estimate of drug-likeness (QED) is 0.590. The van der Waals surface area contributed by atoms with E-state index in [1.165, 1.54) is 0 Å². The molecule has 7 nitrogen and oxygen atoms in total. The van der Waals surface area contributed by atoms with Gasteiger partial charge >= 0.3 is 0 Å². The number of carbonyl (C=O) groups is 2. The van der Waals surface area contributed by atoms with Gasteiger partial charge in [0.25, 0.3) is 5.91 Å². The van der Waals surface area contributed by atoms with Crippen molar-refractivity contribution in [1.82, 2.24) is 10.2 Å².